The van der Waals surface area contributed by atoms with Crippen LogP contribution in [0.15, 0.2) is 39.9 Å². The molecule has 0 saturated heterocycles. The minimum Gasteiger partial charge on any atom is -0.361 e. The Labute approximate surface area is 118 Å². The summed E-state index contributed by atoms with van der Waals surface area (Å²) in [5, 5.41) is 2.93. The summed E-state index contributed by atoms with van der Waals surface area (Å²) in [7, 11) is 0. The van der Waals surface area contributed by atoms with Crippen LogP contribution in [0.2, 0.25) is 0 Å². The van der Waals surface area contributed by atoms with E-state index in [1.54, 1.807) is 23.0 Å². The predicted molar refractivity (Wildman–Crippen MR) is 75.6 cm³/mol. The van der Waals surface area contributed by atoms with Crippen molar-refractivity contribution in [1.82, 2.24) is 9.55 Å². The molecule has 1 aromatic carbocycles. The molecular weight excluding hydrogens is 313 g/mol. The van der Waals surface area contributed by atoms with E-state index in [-0.39, 0.29) is 17.2 Å². The molecule has 6 heteroatoms. The van der Waals surface area contributed by atoms with Crippen LogP contribution in [-0.4, -0.2) is 9.55 Å². The zero-order valence-corrected chi connectivity index (χ0v) is 11.9. The van der Waals surface area contributed by atoms with Crippen LogP contribution in [0.25, 0.3) is 0 Å². The van der Waals surface area contributed by atoms with Gasteiger partial charge in [0.05, 0.1) is 0 Å². The smallest absolute Gasteiger partial charge is 0.293 e. The molecule has 2 rings (SSSR count). The first-order valence-electron chi connectivity index (χ1n) is 5.85. The second-order valence-corrected chi connectivity index (χ2v) is 4.81. The molecule has 1 aromatic heterocycles. The van der Waals surface area contributed by atoms with Crippen LogP contribution in [0.4, 0.5) is 10.2 Å². The second kappa shape index (κ2) is 5.97. The summed E-state index contributed by atoms with van der Waals surface area (Å²) >= 11 is 3.34. The van der Waals surface area contributed by atoms with Gasteiger partial charge >= 0.3 is 0 Å². The first-order valence-corrected chi connectivity index (χ1v) is 6.64. The largest absolute Gasteiger partial charge is 0.361 e. The lowest BCUT2D eigenvalue weighted by atomic mass is 10.2. The zero-order valence-electron chi connectivity index (χ0n) is 10.4. The van der Waals surface area contributed by atoms with Crippen LogP contribution in [0.5, 0.6) is 0 Å². The Morgan fingerprint density at radius 1 is 1.47 bits per heavy atom. The molecule has 0 aliphatic rings. The van der Waals surface area contributed by atoms with Gasteiger partial charge in [0, 0.05) is 30.0 Å². The number of halogens is 2. The van der Waals surface area contributed by atoms with Gasteiger partial charge in [-0.2, -0.15) is 0 Å². The van der Waals surface area contributed by atoms with Crippen molar-refractivity contribution in [2.24, 2.45) is 0 Å². The normalized spacial score (nSPS) is 10.5. The highest BCUT2D eigenvalue weighted by Crippen LogP contribution is 2.18. The molecule has 0 radical (unpaired) electrons. The van der Waals surface area contributed by atoms with Crippen LogP contribution in [0.3, 0.4) is 0 Å². The maximum atomic E-state index is 13.1. The topological polar surface area (TPSA) is 46.9 Å². The van der Waals surface area contributed by atoms with E-state index < -0.39 is 0 Å². The molecular formula is C13H13BrFN3O. The average Bonchev–Trinajstić information content (AvgIpc) is 2.41. The van der Waals surface area contributed by atoms with E-state index in [1.165, 1.54) is 12.1 Å². The van der Waals surface area contributed by atoms with Crippen LogP contribution in [0, 0.1) is 5.82 Å². The lowest BCUT2D eigenvalue weighted by Gasteiger charge is -2.08. The molecule has 0 saturated carbocycles. The highest BCUT2D eigenvalue weighted by molar-refractivity contribution is 9.10. The summed E-state index contributed by atoms with van der Waals surface area (Å²) in [4.78, 5) is 15.9. The minimum absolute atomic E-state index is 0.183. The molecule has 0 spiro atoms. The quantitative estimate of drug-likeness (QED) is 0.940. The number of aromatic nitrogens is 2. The summed E-state index contributed by atoms with van der Waals surface area (Å²) in [6, 6.07) is 4.42. The van der Waals surface area contributed by atoms with E-state index >= 15 is 0 Å². The van der Waals surface area contributed by atoms with Crippen molar-refractivity contribution in [3.05, 3.63) is 56.8 Å². The third-order valence-electron chi connectivity index (χ3n) is 2.71. The number of nitrogens with zero attached hydrogens (tertiary/aromatic N) is 2. The van der Waals surface area contributed by atoms with E-state index in [0.717, 1.165) is 10.0 Å². The molecule has 1 N–H and O–H groups in total. The molecule has 19 heavy (non-hydrogen) atoms. The molecule has 4 nitrogen and oxygen atoms in total. The third-order valence-corrected chi connectivity index (χ3v) is 3.48. The van der Waals surface area contributed by atoms with Gasteiger partial charge in [0.2, 0.25) is 0 Å². The summed E-state index contributed by atoms with van der Waals surface area (Å²) in [5.41, 5.74) is 0.547. The average molecular weight is 326 g/mol. The number of nitrogens with one attached hydrogen (secondary N) is 1. The molecule has 0 bridgehead atoms. The fraction of sp³-hybridized carbons (Fsp3) is 0.231. The van der Waals surface area contributed by atoms with E-state index in [0.29, 0.717) is 13.1 Å². The Hall–Kier alpha value is -1.69. The van der Waals surface area contributed by atoms with E-state index in [2.05, 4.69) is 26.2 Å². The molecule has 0 aliphatic heterocycles. The van der Waals surface area contributed by atoms with Gasteiger partial charge in [-0.3, -0.25) is 4.79 Å². The Kier molecular flexibility index (Phi) is 4.31. The van der Waals surface area contributed by atoms with Gasteiger partial charge in [0.1, 0.15) is 5.82 Å². The van der Waals surface area contributed by atoms with Crippen molar-refractivity contribution >= 4 is 21.7 Å². The van der Waals surface area contributed by atoms with Gasteiger partial charge < -0.3 is 9.88 Å². The predicted octanol–water partition coefficient (Wildman–Crippen LogP) is 2.78. The fourth-order valence-corrected chi connectivity index (χ4v) is 2.06. The minimum atomic E-state index is -0.313. The van der Waals surface area contributed by atoms with Crippen LogP contribution in [0.1, 0.15) is 12.5 Å². The SMILES string of the molecule is CCn1ccnc(NCc2cc(F)ccc2Br)c1=O. The maximum Gasteiger partial charge on any atom is 0.293 e. The first kappa shape index (κ1) is 13.7. The van der Waals surface area contributed by atoms with Crippen LogP contribution in [-0.2, 0) is 13.1 Å². The van der Waals surface area contributed by atoms with Gasteiger partial charge in [0.25, 0.3) is 5.56 Å². The highest BCUT2D eigenvalue weighted by atomic mass is 79.9. The molecule has 1 heterocycles. The molecule has 0 unspecified atom stereocenters. The first-order chi connectivity index (χ1) is 9.11. The Bertz CT molecular complexity index is 642. The van der Waals surface area contributed by atoms with Crippen molar-refractivity contribution in [2.75, 3.05) is 5.32 Å². The molecule has 2 aromatic rings. The Morgan fingerprint density at radius 2 is 2.26 bits per heavy atom. The number of anilines is 1. The Balaban J connectivity index is 2.19. The van der Waals surface area contributed by atoms with Crippen LogP contribution < -0.4 is 10.9 Å². The molecule has 100 valence electrons. The number of hydrogen-bond acceptors (Lipinski definition) is 3. The lowest BCUT2D eigenvalue weighted by Crippen LogP contribution is -2.23. The molecule has 0 fully saturated rings. The third kappa shape index (κ3) is 3.20. The van der Waals surface area contributed by atoms with Crippen molar-refractivity contribution in [3.63, 3.8) is 0 Å². The monoisotopic (exact) mass is 325 g/mol. The van der Waals surface area contributed by atoms with Crippen molar-refractivity contribution in [3.8, 4) is 0 Å². The standard InChI is InChI=1S/C13H13BrFN3O/c1-2-18-6-5-16-12(13(18)19)17-8-9-7-10(15)3-4-11(9)14/h3-7H,2,8H2,1H3,(H,16,17). The number of hydrogen-bond donors (Lipinski definition) is 1. The summed E-state index contributed by atoms with van der Waals surface area (Å²) in [5.74, 6) is -0.0486. The van der Waals surface area contributed by atoms with Gasteiger partial charge in [-0.1, -0.05) is 15.9 Å². The fourth-order valence-electron chi connectivity index (χ4n) is 1.68. The molecule has 0 atom stereocenters. The van der Waals surface area contributed by atoms with Crippen LogP contribution >= 0.6 is 15.9 Å². The summed E-state index contributed by atoms with van der Waals surface area (Å²) in [6.45, 7) is 2.79. The summed E-state index contributed by atoms with van der Waals surface area (Å²) < 4.78 is 15.5. The van der Waals surface area contributed by atoms with Gasteiger partial charge in [0.15, 0.2) is 5.82 Å². The number of rotatable bonds is 4. The second-order valence-electron chi connectivity index (χ2n) is 3.96. The maximum absolute atomic E-state index is 13.1. The molecule has 0 amide bonds. The number of aryl methyl sites for hydroxylation is 1. The van der Waals surface area contributed by atoms with Gasteiger partial charge in [-0.15, -0.1) is 0 Å². The molecule has 0 aliphatic carbocycles. The van der Waals surface area contributed by atoms with Crippen molar-refractivity contribution in [1.29, 1.82) is 0 Å². The van der Waals surface area contributed by atoms with E-state index in [1.807, 2.05) is 6.92 Å². The Morgan fingerprint density at radius 3 is 3.00 bits per heavy atom. The zero-order chi connectivity index (χ0) is 13.8. The van der Waals surface area contributed by atoms with Crippen molar-refractivity contribution in [2.45, 2.75) is 20.0 Å². The van der Waals surface area contributed by atoms with E-state index in [9.17, 15) is 9.18 Å². The van der Waals surface area contributed by atoms with Gasteiger partial charge in [-0.25, -0.2) is 9.37 Å². The van der Waals surface area contributed by atoms with E-state index in [4.69, 9.17) is 0 Å². The van der Waals surface area contributed by atoms with Crippen molar-refractivity contribution < 1.29 is 4.39 Å². The highest BCUT2D eigenvalue weighted by Gasteiger charge is 2.06. The number of benzene rings is 1. The van der Waals surface area contributed by atoms with Gasteiger partial charge in [-0.05, 0) is 30.7 Å². The summed E-state index contributed by atoms with van der Waals surface area (Å²) in [6.07, 6.45) is 3.19. The lowest BCUT2D eigenvalue weighted by molar-refractivity contribution is 0.625.